The van der Waals surface area contributed by atoms with Crippen LogP contribution >= 0.6 is 0 Å². The summed E-state index contributed by atoms with van der Waals surface area (Å²) in [4.78, 5) is 15.1. The number of carbonyl (C=O) groups excluding carboxylic acids is 1. The average molecular weight is 311 g/mol. The van der Waals surface area contributed by atoms with Gasteiger partial charge in [0.2, 0.25) is 5.91 Å². The zero-order chi connectivity index (χ0) is 16.3. The number of rotatable bonds is 4. The molecule has 0 radical (unpaired) electrons. The minimum atomic E-state index is -0.0654. The van der Waals surface area contributed by atoms with Gasteiger partial charge in [0.05, 0.1) is 18.2 Å². The minimum absolute atomic E-state index is 0.0654. The molecule has 5 nitrogen and oxygen atoms in total. The van der Waals surface area contributed by atoms with Crippen molar-refractivity contribution in [1.29, 1.82) is 0 Å². The van der Waals surface area contributed by atoms with Gasteiger partial charge in [-0.1, -0.05) is 13.8 Å². The van der Waals surface area contributed by atoms with Crippen LogP contribution in [-0.4, -0.2) is 54.2 Å². The van der Waals surface area contributed by atoms with Gasteiger partial charge in [-0.3, -0.25) is 9.69 Å². The van der Waals surface area contributed by atoms with Gasteiger partial charge in [-0.2, -0.15) is 0 Å². The first-order valence-electron chi connectivity index (χ1n) is 8.82. The zero-order valence-corrected chi connectivity index (χ0v) is 14.5. The number of hydrogen-bond donors (Lipinski definition) is 2. The van der Waals surface area contributed by atoms with Crippen LogP contribution in [0.4, 0.5) is 0 Å². The molecule has 1 aliphatic carbocycles. The summed E-state index contributed by atoms with van der Waals surface area (Å²) in [5, 5.41) is 3.27. The van der Waals surface area contributed by atoms with Gasteiger partial charge in [-0.25, -0.2) is 0 Å². The summed E-state index contributed by atoms with van der Waals surface area (Å²) in [7, 11) is 0. The van der Waals surface area contributed by atoms with E-state index < -0.39 is 0 Å². The Morgan fingerprint density at radius 2 is 1.68 bits per heavy atom. The molecule has 0 aromatic heterocycles. The van der Waals surface area contributed by atoms with Crippen molar-refractivity contribution in [3.8, 4) is 0 Å². The SMILES string of the molecule is CC1CN(C(C(=O)NC2CCC(N)CC2)C(C)C)CC(C)O1. The summed E-state index contributed by atoms with van der Waals surface area (Å²) in [5.41, 5.74) is 5.95. The molecule has 1 saturated heterocycles. The molecule has 0 bridgehead atoms. The van der Waals surface area contributed by atoms with E-state index in [9.17, 15) is 4.79 Å². The van der Waals surface area contributed by atoms with Crippen LogP contribution in [0.5, 0.6) is 0 Å². The molecule has 3 unspecified atom stereocenters. The fourth-order valence-electron chi connectivity index (χ4n) is 3.89. The second-order valence-corrected chi connectivity index (χ2v) is 7.52. The Kier molecular flexibility index (Phi) is 6.24. The lowest BCUT2D eigenvalue weighted by molar-refractivity contribution is -0.136. The summed E-state index contributed by atoms with van der Waals surface area (Å²) in [6, 6.07) is 0.545. The fraction of sp³-hybridized carbons (Fsp3) is 0.941. The van der Waals surface area contributed by atoms with Gasteiger partial charge in [0.1, 0.15) is 0 Å². The predicted molar refractivity (Wildman–Crippen MR) is 88.6 cm³/mol. The third-order valence-electron chi connectivity index (χ3n) is 4.86. The zero-order valence-electron chi connectivity index (χ0n) is 14.5. The third-order valence-corrected chi connectivity index (χ3v) is 4.86. The number of ether oxygens (including phenoxy) is 1. The van der Waals surface area contributed by atoms with E-state index in [1.807, 2.05) is 0 Å². The molecule has 2 rings (SSSR count). The molecule has 5 heteroatoms. The van der Waals surface area contributed by atoms with Crippen molar-refractivity contribution < 1.29 is 9.53 Å². The minimum Gasteiger partial charge on any atom is -0.373 e. The van der Waals surface area contributed by atoms with Crippen LogP contribution in [0.25, 0.3) is 0 Å². The Hall–Kier alpha value is -0.650. The van der Waals surface area contributed by atoms with Gasteiger partial charge in [-0.05, 0) is 45.4 Å². The molecule has 0 aromatic carbocycles. The van der Waals surface area contributed by atoms with Crippen molar-refractivity contribution in [2.45, 2.75) is 83.7 Å². The van der Waals surface area contributed by atoms with Gasteiger partial charge < -0.3 is 15.8 Å². The second kappa shape index (κ2) is 7.75. The van der Waals surface area contributed by atoms with Crippen LogP contribution in [0.1, 0.15) is 53.4 Å². The number of nitrogens with two attached hydrogens (primary N) is 1. The van der Waals surface area contributed by atoms with Crippen molar-refractivity contribution in [3.05, 3.63) is 0 Å². The predicted octanol–water partition coefficient (Wildman–Crippen LogP) is 1.51. The Morgan fingerprint density at radius 3 is 2.18 bits per heavy atom. The van der Waals surface area contributed by atoms with E-state index in [1.54, 1.807) is 0 Å². The topological polar surface area (TPSA) is 67.6 Å². The van der Waals surface area contributed by atoms with Crippen LogP contribution in [0.2, 0.25) is 0 Å². The summed E-state index contributed by atoms with van der Waals surface area (Å²) < 4.78 is 5.80. The molecule has 22 heavy (non-hydrogen) atoms. The largest absolute Gasteiger partial charge is 0.373 e. The van der Waals surface area contributed by atoms with E-state index >= 15 is 0 Å². The van der Waals surface area contributed by atoms with Gasteiger partial charge in [-0.15, -0.1) is 0 Å². The summed E-state index contributed by atoms with van der Waals surface area (Å²) in [5.74, 6) is 0.472. The van der Waals surface area contributed by atoms with E-state index in [1.165, 1.54) is 0 Å². The van der Waals surface area contributed by atoms with Crippen LogP contribution < -0.4 is 11.1 Å². The van der Waals surface area contributed by atoms with Gasteiger partial charge in [0.25, 0.3) is 0 Å². The maximum absolute atomic E-state index is 12.8. The highest BCUT2D eigenvalue weighted by Gasteiger charge is 2.35. The first-order chi connectivity index (χ1) is 10.4. The molecule has 2 aliphatic rings. The normalized spacial score (nSPS) is 35.4. The number of carbonyl (C=O) groups is 1. The van der Waals surface area contributed by atoms with E-state index in [0.29, 0.717) is 18.0 Å². The molecule has 1 saturated carbocycles. The lowest BCUT2D eigenvalue weighted by Gasteiger charge is -2.41. The number of hydrogen-bond acceptors (Lipinski definition) is 4. The van der Waals surface area contributed by atoms with Gasteiger partial charge in [0.15, 0.2) is 0 Å². The number of nitrogens with one attached hydrogen (secondary N) is 1. The lowest BCUT2D eigenvalue weighted by atomic mass is 9.91. The van der Waals surface area contributed by atoms with Crippen LogP contribution in [0.15, 0.2) is 0 Å². The van der Waals surface area contributed by atoms with E-state index in [0.717, 1.165) is 38.8 Å². The van der Waals surface area contributed by atoms with Crippen molar-refractivity contribution in [2.75, 3.05) is 13.1 Å². The highest BCUT2D eigenvalue weighted by Crippen LogP contribution is 2.21. The maximum Gasteiger partial charge on any atom is 0.237 e. The van der Waals surface area contributed by atoms with Gasteiger partial charge in [0, 0.05) is 25.2 Å². The van der Waals surface area contributed by atoms with E-state index in [4.69, 9.17) is 10.5 Å². The molecule has 3 atom stereocenters. The number of morpholine rings is 1. The Bertz CT molecular complexity index is 357. The molecule has 128 valence electrons. The quantitative estimate of drug-likeness (QED) is 0.826. The molecule has 1 aliphatic heterocycles. The smallest absolute Gasteiger partial charge is 0.237 e. The monoisotopic (exact) mass is 311 g/mol. The van der Waals surface area contributed by atoms with Crippen LogP contribution in [0, 0.1) is 5.92 Å². The molecular weight excluding hydrogens is 278 g/mol. The molecular formula is C17H33N3O2. The molecule has 3 N–H and O–H groups in total. The molecule has 1 amide bonds. The first kappa shape index (κ1) is 17.7. The standard InChI is InChI=1S/C17H33N3O2/c1-11(2)16(20-9-12(3)22-13(4)10-20)17(21)19-15-7-5-14(18)6-8-15/h11-16H,5-10,18H2,1-4H3,(H,19,21). The van der Waals surface area contributed by atoms with Crippen molar-refractivity contribution in [1.82, 2.24) is 10.2 Å². The van der Waals surface area contributed by atoms with Crippen molar-refractivity contribution >= 4 is 5.91 Å². The molecule has 1 heterocycles. The number of nitrogens with zero attached hydrogens (tertiary/aromatic N) is 1. The molecule has 0 spiro atoms. The van der Waals surface area contributed by atoms with Crippen LogP contribution in [-0.2, 0) is 9.53 Å². The Labute approximate surface area is 134 Å². The van der Waals surface area contributed by atoms with Crippen molar-refractivity contribution in [3.63, 3.8) is 0 Å². The summed E-state index contributed by atoms with van der Waals surface area (Å²) in [6.07, 6.45) is 4.42. The van der Waals surface area contributed by atoms with E-state index in [-0.39, 0.29) is 24.2 Å². The number of amides is 1. The lowest BCUT2D eigenvalue weighted by Crippen LogP contribution is -2.58. The Morgan fingerprint density at radius 1 is 1.14 bits per heavy atom. The second-order valence-electron chi connectivity index (χ2n) is 7.52. The van der Waals surface area contributed by atoms with Crippen molar-refractivity contribution in [2.24, 2.45) is 11.7 Å². The first-order valence-corrected chi connectivity index (χ1v) is 8.82. The highest BCUT2D eigenvalue weighted by atomic mass is 16.5. The highest BCUT2D eigenvalue weighted by molar-refractivity contribution is 5.82. The summed E-state index contributed by atoms with van der Waals surface area (Å²) >= 11 is 0. The third kappa shape index (κ3) is 4.67. The average Bonchev–Trinajstić information content (AvgIpc) is 2.40. The maximum atomic E-state index is 12.8. The fourth-order valence-corrected chi connectivity index (χ4v) is 3.89. The van der Waals surface area contributed by atoms with Gasteiger partial charge >= 0.3 is 0 Å². The molecule has 2 fully saturated rings. The Balaban J connectivity index is 1.96. The molecule has 0 aromatic rings. The summed E-state index contributed by atoms with van der Waals surface area (Å²) in [6.45, 7) is 10.1. The van der Waals surface area contributed by atoms with E-state index in [2.05, 4.69) is 37.9 Å². The van der Waals surface area contributed by atoms with Crippen LogP contribution in [0.3, 0.4) is 0 Å².